The lowest BCUT2D eigenvalue weighted by Crippen LogP contribution is -2.25. The molecule has 6 nitrogen and oxygen atoms in total. The lowest BCUT2D eigenvalue weighted by Gasteiger charge is -2.16. The zero-order valence-electron chi connectivity index (χ0n) is 13.9. The largest absolute Gasteiger partial charge is 0.497 e. The first-order valence-corrected chi connectivity index (χ1v) is 7.76. The third-order valence-electron chi connectivity index (χ3n) is 3.98. The molecule has 1 atom stereocenters. The summed E-state index contributed by atoms with van der Waals surface area (Å²) in [6.07, 6.45) is 0.859. The van der Waals surface area contributed by atoms with E-state index in [1.807, 2.05) is 24.3 Å². The van der Waals surface area contributed by atoms with E-state index in [1.165, 1.54) is 13.2 Å². The maximum Gasteiger partial charge on any atom is 0.252 e. The molecule has 1 heterocycles. The Morgan fingerprint density at radius 1 is 1.12 bits per heavy atom. The molecule has 2 aromatic carbocycles. The minimum Gasteiger partial charge on any atom is -0.497 e. The van der Waals surface area contributed by atoms with Gasteiger partial charge in [0.1, 0.15) is 11.5 Å². The molecule has 3 aromatic rings. The minimum absolute atomic E-state index is 0.194. The second kappa shape index (κ2) is 6.68. The van der Waals surface area contributed by atoms with E-state index >= 15 is 0 Å². The molecule has 1 unspecified atom stereocenters. The Bertz CT molecular complexity index is 946. The van der Waals surface area contributed by atoms with E-state index in [0.717, 1.165) is 10.9 Å². The molecular weight excluding hydrogens is 320 g/mol. The van der Waals surface area contributed by atoms with E-state index in [0.29, 0.717) is 11.3 Å². The Morgan fingerprint density at radius 2 is 1.88 bits per heavy atom. The summed E-state index contributed by atoms with van der Waals surface area (Å²) in [5, 5.41) is 0.823. The van der Waals surface area contributed by atoms with Crippen LogP contribution in [0.25, 0.3) is 10.9 Å². The van der Waals surface area contributed by atoms with Gasteiger partial charge in [0.25, 0.3) is 5.91 Å². The molecule has 3 rings (SSSR count). The van der Waals surface area contributed by atoms with Crippen molar-refractivity contribution in [2.24, 2.45) is 5.73 Å². The lowest BCUT2D eigenvalue weighted by molar-refractivity contribution is 0.0812. The van der Waals surface area contributed by atoms with E-state index in [-0.39, 0.29) is 17.1 Å². The fourth-order valence-electron chi connectivity index (χ4n) is 2.67. The number of ketones is 1. The van der Waals surface area contributed by atoms with Gasteiger partial charge in [0.05, 0.1) is 12.7 Å². The van der Waals surface area contributed by atoms with Gasteiger partial charge in [-0.2, -0.15) is 0 Å². The summed E-state index contributed by atoms with van der Waals surface area (Å²) in [5.41, 5.74) is 6.98. The number of amides is 1. The zero-order valence-corrected chi connectivity index (χ0v) is 13.9. The summed E-state index contributed by atoms with van der Waals surface area (Å²) in [7, 11) is 1.50. The van der Waals surface area contributed by atoms with Gasteiger partial charge in [0, 0.05) is 28.7 Å². The highest BCUT2D eigenvalue weighted by atomic mass is 16.5. The Hall–Kier alpha value is -3.28. The van der Waals surface area contributed by atoms with Crippen molar-refractivity contribution in [3.05, 3.63) is 59.8 Å². The first-order valence-electron chi connectivity index (χ1n) is 7.76. The summed E-state index contributed by atoms with van der Waals surface area (Å²) in [4.78, 5) is 27.4. The molecule has 0 fully saturated rings. The van der Waals surface area contributed by atoms with Crippen molar-refractivity contribution in [1.82, 2.24) is 4.98 Å². The number of primary amides is 1. The second-order valence-corrected chi connectivity index (χ2v) is 5.60. The molecule has 3 N–H and O–H groups in total. The number of fused-ring (bicyclic) bond motifs is 1. The number of H-pyrrole nitrogens is 1. The molecule has 25 heavy (non-hydrogen) atoms. The average Bonchev–Trinajstić information content (AvgIpc) is 3.04. The van der Waals surface area contributed by atoms with Gasteiger partial charge in [-0.25, -0.2) is 0 Å². The maximum absolute atomic E-state index is 12.8. The number of benzene rings is 2. The number of nitrogens with two attached hydrogens (primary N) is 1. The predicted molar refractivity (Wildman–Crippen MR) is 94.2 cm³/mol. The number of Topliss-reactive ketones (excluding diaryl/α,β-unsaturated/α-hetero) is 1. The van der Waals surface area contributed by atoms with E-state index in [4.69, 9.17) is 15.2 Å². The van der Waals surface area contributed by atoms with Crippen LogP contribution < -0.4 is 15.2 Å². The molecule has 0 aliphatic heterocycles. The number of ether oxygens (including phenoxy) is 2. The Labute approximate surface area is 144 Å². The van der Waals surface area contributed by atoms with Crippen LogP contribution in [0, 0.1) is 0 Å². The highest BCUT2D eigenvalue weighted by Gasteiger charge is 2.22. The number of carbonyl (C=O) groups excluding carboxylic acids is 2. The minimum atomic E-state index is -0.801. The summed E-state index contributed by atoms with van der Waals surface area (Å²) in [6, 6.07) is 12.2. The van der Waals surface area contributed by atoms with Crippen LogP contribution in [-0.4, -0.2) is 29.9 Å². The van der Waals surface area contributed by atoms with Crippen LogP contribution in [0.3, 0.4) is 0 Å². The lowest BCUT2D eigenvalue weighted by atomic mass is 10.1. The number of nitrogens with one attached hydrogen (secondary N) is 1. The van der Waals surface area contributed by atoms with Gasteiger partial charge in [0.15, 0.2) is 6.10 Å². The van der Waals surface area contributed by atoms with Crippen molar-refractivity contribution >= 4 is 22.6 Å². The quantitative estimate of drug-likeness (QED) is 0.676. The summed E-state index contributed by atoms with van der Waals surface area (Å²) in [6.45, 7) is 1.63. The second-order valence-electron chi connectivity index (χ2n) is 5.60. The fraction of sp³-hybridized carbons (Fsp3) is 0.158. The molecule has 128 valence electrons. The number of rotatable bonds is 6. The molecular formula is C19H18N2O4. The fourth-order valence-corrected chi connectivity index (χ4v) is 2.67. The van der Waals surface area contributed by atoms with Crippen LogP contribution in [0.4, 0.5) is 0 Å². The van der Waals surface area contributed by atoms with Crippen molar-refractivity contribution in [3.63, 3.8) is 0 Å². The number of para-hydroxylation sites is 1. The molecule has 1 aromatic heterocycles. The number of carbonyl (C=O) groups is 2. The van der Waals surface area contributed by atoms with Gasteiger partial charge in [-0.3, -0.25) is 9.59 Å². The van der Waals surface area contributed by atoms with Crippen LogP contribution in [0.5, 0.6) is 11.5 Å². The standard InChI is InChI=1S/C19H18N2O4/c1-11(18(22)15-10-21-16-6-4-3-5-13(15)16)25-17-9-12(24-2)7-8-14(17)19(20)23/h3-11,21H,1-2H3,(H2,20,23). The van der Waals surface area contributed by atoms with E-state index < -0.39 is 12.0 Å². The highest BCUT2D eigenvalue weighted by Crippen LogP contribution is 2.27. The van der Waals surface area contributed by atoms with Gasteiger partial charge in [0.2, 0.25) is 5.78 Å². The van der Waals surface area contributed by atoms with Crippen molar-refractivity contribution in [2.75, 3.05) is 7.11 Å². The van der Waals surface area contributed by atoms with Gasteiger partial charge in [-0.05, 0) is 25.1 Å². The maximum atomic E-state index is 12.8. The number of aromatic amines is 1. The van der Waals surface area contributed by atoms with Crippen molar-refractivity contribution in [2.45, 2.75) is 13.0 Å². The van der Waals surface area contributed by atoms with Gasteiger partial charge in [-0.15, -0.1) is 0 Å². The highest BCUT2D eigenvalue weighted by molar-refractivity contribution is 6.10. The van der Waals surface area contributed by atoms with E-state index in [1.54, 1.807) is 25.3 Å². The molecule has 0 bridgehead atoms. The molecule has 0 saturated heterocycles. The molecule has 0 spiro atoms. The third kappa shape index (κ3) is 3.19. The molecule has 1 amide bonds. The predicted octanol–water partition coefficient (Wildman–Crippen LogP) is 2.93. The van der Waals surface area contributed by atoms with E-state index in [9.17, 15) is 9.59 Å². The van der Waals surface area contributed by atoms with Gasteiger partial charge in [-0.1, -0.05) is 18.2 Å². The third-order valence-corrected chi connectivity index (χ3v) is 3.98. The average molecular weight is 338 g/mol. The van der Waals surface area contributed by atoms with Crippen molar-refractivity contribution in [3.8, 4) is 11.5 Å². The molecule has 0 radical (unpaired) electrons. The van der Waals surface area contributed by atoms with Crippen LogP contribution in [-0.2, 0) is 0 Å². The van der Waals surface area contributed by atoms with Crippen LogP contribution in [0.1, 0.15) is 27.6 Å². The Balaban J connectivity index is 1.90. The molecule has 6 heteroatoms. The molecule has 0 aliphatic rings. The molecule has 0 aliphatic carbocycles. The van der Waals surface area contributed by atoms with Crippen molar-refractivity contribution in [1.29, 1.82) is 0 Å². The normalized spacial score (nSPS) is 11.9. The van der Waals surface area contributed by atoms with E-state index in [2.05, 4.69) is 4.98 Å². The SMILES string of the molecule is COc1ccc(C(N)=O)c(OC(C)C(=O)c2c[nH]c3ccccc23)c1. The Morgan fingerprint density at radius 3 is 2.60 bits per heavy atom. The summed E-state index contributed by atoms with van der Waals surface area (Å²) < 4.78 is 10.9. The van der Waals surface area contributed by atoms with Crippen LogP contribution in [0.15, 0.2) is 48.7 Å². The van der Waals surface area contributed by atoms with Crippen LogP contribution in [0.2, 0.25) is 0 Å². The number of aromatic nitrogens is 1. The summed E-state index contributed by atoms with van der Waals surface area (Å²) in [5.74, 6) is -0.112. The molecule has 0 saturated carbocycles. The van der Waals surface area contributed by atoms with Gasteiger partial charge < -0.3 is 20.2 Å². The monoisotopic (exact) mass is 338 g/mol. The van der Waals surface area contributed by atoms with Crippen LogP contribution >= 0.6 is 0 Å². The first kappa shape index (κ1) is 16.6. The van der Waals surface area contributed by atoms with Gasteiger partial charge >= 0.3 is 0 Å². The number of hydrogen-bond donors (Lipinski definition) is 2. The topological polar surface area (TPSA) is 94.4 Å². The first-order chi connectivity index (χ1) is 12.0. The number of hydrogen-bond acceptors (Lipinski definition) is 4. The zero-order chi connectivity index (χ0) is 18.0. The smallest absolute Gasteiger partial charge is 0.252 e. The van der Waals surface area contributed by atoms with Crippen molar-refractivity contribution < 1.29 is 19.1 Å². The Kier molecular flexibility index (Phi) is 4.43. The summed E-state index contributed by atoms with van der Waals surface area (Å²) >= 11 is 0. The number of methoxy groups -OCH3 is 1.